The number of carbonyl (C=O) groups is 3. The maximum Gasteiger partial charge on any atom is 0.329 e. The number of anilines is 1. The molecule has 142 valence electrons. The van der Waals surface area contributed by atoms with Crippen molar-refractivity contribution in [2.45, 2.75) is 25.4 Å². The standard InChI is InChI=1S/C18H21N5O4/c1-27-14-5-3-13(4-6-14)23-17(25)15(21-18(23)26)7-8-16(24)19-10-12-22-11-2-9-20-22/h2-6,9,11,15H,7-8,10,12H2,1H3,(H,19,24)(H,21,26)/t15-/m0/s1. The van der Waals surface area contributed by atoms with Crippen LogP contribution in [0.1, 0.15) is 12.8 Å². The molecular formula is C18H21N5O4. The van der Waals surface area contributed by atoms with E-state index in [1.54, 1.807) is 42.3 Å². The Labute approximate surface area is 156 Å². The maximum absolute atomic E-state index is 12.5. The molecular weight excluding hydrogens is 350 g/mol. The Balaban J connectivity index is 1.48. The Morgan fingerprint density at radius 3 is 2.74 bits per heavy atom. The number of nitrogens with one attached hydrogen (secondary N) is 2. The van der Waals surface area contributed by atoms with Crippen molar-refractivity contribution < 1.29 is 19.1 Å². The summed E-state index contributed by atoms with van der Waals surface area (Å²) in [6.07, 6.45) is 3.87. The van der Waals surface area contributed by atoms with Crippen LogP contribution in [-0.4, -0.2) is 47.3 Å². The molecule has 27 heavy (non-hydrogen) atoms. The third kappa shape index (κ3) is 4.43. The van der Waals surface area contributed by atoms with Gasteiger partial charge in [-0.05, 0) is 36.8 Å². The molecule has 4 amide bonds. The molecule has 2 N–H and O–H groups in total. The van der Waals surface area contributed by atoms with Crippen LogP contribution in [-0.2, 0) is 16.1 Å². The molecule has 3 rings (SSSR count). The molecule has 1 fully saturated rings. The minimum absolute atomic E-state index is 0.145. The van der Waals surface area contributed by atoms with Crippen molar-refractivity contribution in [3.8, 4) is 5.75 Å². The molecule has 1 aromatic carbocycles. The van der Waals surface area contributed by atoms with Crippen LogP contribution in [0.4, 0.5) is 10.5 Å². The van der Waals surface area contributed by atoms with Crippen LogP contribution in [0.5, 0.6) is 5.75 Å². The second kappa shape index (κ2) is 8.35. The number of imide groups is 1. The number of aromatic nitrogens is 2. The van der Waals surface area contributed by atoms with E-state index in [1.165, 1.54) is 0 Å². The van der Waals surface area contributed by atoms with E-state index in [4.69, 9.17) is 4.74 Å². The van der Waals surface area contributed by atoms with Crippen LogP contribution in [0, 0.1) is 0 Å². The van der Waals surface area contributed by atoms with Gasteiger partial charge in [-0.1, -0.05) is 0 Å². The third-order valence-electron chi connectivity index (χ3n) is 4.23. The average molecular weight is 371 g/mol. The maximum atomic E-state index is 12.5. The summed E-state index contributed by atoms with van der Waals surface area (Å²) in [5, 5.41) is 9.45. The zero-order chi connectivity index (χ0) is 19.2. The highest BCUT2D eigenvalue weighted by Crippen LogP contribution is 2.23. The van der Waals surface area contributed by atoms with Gasteiger partial charge in [-0.25, -0.2) is 9.69 Å². The van der Waals surface area contributed by atoms with Gasteiger partial charge in [0, 0.05) is 25.4 Å². The highest BCUT2D eigenvalue weighted by Gasteiger charge is 2.38. The zero-order valence-electron chi connectivity index (χ0n) is 14.9. The van der Waals surface area contributed by atoms with Gasteiger partial charge >= 0.3 is 6.03 Å². The fourth-order valence-corrected chi connectivity index (χ4v) is 2.81. The molecule has 1 saturated heterocycles. The lowest BCUT2D eigenvalue weighted by molar-refractivity contribution is -0.121. The first kappa shape index (κ1) is 18.4. The number of hydrogen-bond donors (Lipinski definition) is 2. The smallest absolute Gasteiger partial charge is 0.329 e. The summed E-state index contributed by atoms with van der Waals surface area (Å²) in [6, 6.07) is 7.24. The van der Waals surface area contributed by atoms with E-state index >= 15 is 0 Å². The van der Waals surface area contributed by atoms with E-state index in [2.05, 4.69) is 15.7 Å². The van der Waals surface area contributed by atoms with Crippen molar-refractivity contribution in [2.24, 2.45) is 0 Å². The molecule has 1 atom stereocenters. The first-order chi connectivity index (χ1) is 13.1. The quantitative estimate of drug-likeness (QED) is 0.671. The van der Waals surface area contributed by atoms with Crippen LogP contribution in [0.2, 0.25) is 0 Å². The Hall–Kier alpha value is -3.36. The topological polar surface area (TPSA) is 106 Å². The van der Waals surface area contributed by atoms with Gasteiger partial charge in [0.2, 0.25) is 5.91 Å². The number of nitrogens with zero attached hydrogens (tertiary/aromatic N) is 3. The van der Waals surface area contributed by atoms with Crippen molar-refractivity contribution in [3.05, 3.63) is 42.7 Å². The molecule has 1 aliphatic rings. The number of methoxy groups -OCH3 is 1. The number of urea groups is 1. The van der Waals surface area contributed by atoms with Gasteiger partial charge < -0.3 is 15.4 Å². The second-order valence-electron chi connectivity index (χ2n) is 6.03. The molecule has 0 unspecified atom stereocenters. The molecule has 2 heterocycles. The lowest BCUT2D eigenvalue weighted by atomic mass is 10.1. The molecule has 0 spiro atoms. The SMILES string of the molecule is COc1ccc(N2C(=O)N[C@@H](CCC(=O)NCCn3cccn3)C2=O)cc1. The fraction of sp³-hybridized carbons (Fsp3) is 0.333. The van der Waals surface area contributed by atoms with E-state index in [-0.39, 0.29) is 24.7 Å². The van der Waals surface area contributed by atoms with Gasteiger partial charge in [0.1, 0.15) is 11.8 Å². The van der Waals surface area contributed by atoms with Crippen molar-refractivity contribution in [1.82, 2.24) is 20.4 Å². The van der Waals surface area contributed by atoms with Crippen molar-refractivity contribution in [2.75, 3.05) is 18.6 Å². The first-order valence-electron chi connectivity index (χ1n) is 8.61. The molecule has 9 heteroatoms. The predicted octanol–water partition coefficient (Wildman–Crippen LogP) is 0.913. The largest absolute Gasteiger partial charge is 0.497 e. The number of amides is 4. The normalized spacial score (nSPS) is 16.3. The van der Waals surface area contributed by atoms with Gasteiger partial charge in [-0.15, -0.1) is 0 Å². The summed E-state index contributed by atoms with van der Waals surface area (Å²) in [5.74, 6) is 0.0933. The summed E-state index contributed by atoms with van der Waals surface area (Å²) in [5.41, 5.74) is 0.462. The van der Waals surface area contributed by atoms with Crippen LogP contribution >= 0.6 is 0 Å². The van der Waals surface area contributed by atoms with Crippen LogP contribution < -0.4 is 20.3 Å². The van der Waals surface area contributed by atoms with E-state index in [9.17, 15) is 14.4 Å². The highest BCUT2D eigenvalue weighted by molar-refractivity contribution is 6.21. The number of ether oxygens (including phenoxy) is 1. The van der Waals surface area contributed by atoms with Crippen LogP contribution in [0.25, 0.3) is 0 Å². The van der Waals surface area contributed by atoms with E-state index < -0.39 is 12.1 Å². The second-order valence-corrected chi connectivity index (χ2v) is 6.03. The minimum atomic E-state index is -0.712. The molecule has 0 saturated carbocycles. The summed E-state index contributed by atoms with van der Waals surface area (Å²) < 4.78 is 6.79. The zero-order valence-corrected chi connectivity index (χ0v) is 14.9. The lowest BCUT2D eigenvalue weighted by Gasteiger charge is -2.13. The molecule has 9 nitrogen and oxygen atoms in total. The fourth-order valence-electron chi connectivity index (χ4n) is 2.81. The van der Waals surface area contributed by atoms with Gasteiger partial charge in [0.15, 0.2) is 0 Å². The Bertz CT molecular complexity index is 804. The van der Waals surface area contributed by atoms with Crippen LogP contribution in [0.15, 0.2) is 42.7 Å². The Morgan fingerprint density at radius 2 is 2.07 bits per heavy atom. The van der Waals surface area contributed by atoms with Gasteiger partial charge in [-0.2, -0.15) is 5.10 Å². The highest BCUT2D eigenvalue weighted by atomic mass is 16.5. The van der Waals surface area contributed by atoms with Gasteiger partial charge in [0.05, 0.1) is 19.3 Å². The third-order valence-corrected chi connectivity index (χ3v) is 4.23. The van der Waals surface area contributed by atoms with E-state index in [1.807, 2.05) is 12.3 Å². The number of hydrogen-bond acceptors (Lipinski definition) is 5. The number of rotatable bonds is 8. The summed E-state index contributed by atoms with van der Waals surface area (Å²) >= 11 is 0. The predicted molar refractivity (Wildman–Crippen MR) is 97.3 cm³/mol. The number of carbonyl (C=O) groups excluding carboxylic acids is 3. The minimum Gasteiger partial charge on any atom is -0.497 e. The van der Waals surface area contributed by atoms with Gasteiger partial charge in [-0.3, -0.25) is 14.3 Å². The van der Waals surface area contributed by atoms with E-state index in [0.717, 1.165) is 4.90 Å². The molecule has 1 aromatic heterocycles. The van der Waals surface area contributed by atoms with Crippen LogP contribution in [0.3, 0.4) is 0 Å². The lowest BCUT2D eigenvalue weighted by Crippen LogP contribution is -2.33. The number of benzene rings is 1. The molecule has 2 aromatic rings. The van der Waals surface area contributed by atoms with Crippen molar-refractivity contribution in [3.63, 3.8) is 0 Å². The van der Waals surface area contributed by atoms with E-state index in [0.29, 0.717) is 24.5 Å². The van der Waals surface area contributed by atoms with Gasteiger partial charge in [0.25, 0.3) is 5.91 Å². The Morgan fingerprint density at radius 1 is 1.30 bits per heavy atom. The Kier molecular flexibility index (Phi) is 5.70. The van der Waals surface area contributed by atoms with Crippen molar-refractivity contribution in [1.29, 1.82) is 0 Å². The molecule has 1 aliphatic heterocycles. The first-order valence-corrected chi connectivity index (χ1v) is 8.61. The summed E-state index contributed by atoms with van der Waals surface area (Å²) in [4.78, 5) is 37.7. The molecule has 0 radical (unpaired) electrons. The average Bonchev–Trinajstić information content (AvgIpc) is 3.28. The van der Waals surface area contributed by atoms with Crippen molar-refractivity contribution >= 4 is 23.5 Å². The summed E-state index contributed by atoms with van der Waals surface area (Å²) in [6.45, 7) is 1.02. The molecule has 0 aliphatic carbocycles. The monoisotopic (exact) mass is 371 g/mol. The molecule has 0 bridgehead atoms. The summed E-state index contributed by atoms with van der Waals surface area (Å²) in [7, 11) is 1.54.